The van der Waals surface area contributed by atoms with E-state index in [0.29, 0.717) is 6.04 Å². The Morgan fingerprint density at radius 1 is 1.03 bits per heavy atom. The first-order valence-electron chi connectivity index (χ1n) is 10.4. The summed E-state index contributed by atoms with van der Waals surface area (Å²) >= 11 is 0. The highest BCUT2D eigenvalue weighted by atomic mass is 16.6. The van der Waals surface area contributed by atoms with Gasteiger partial charge in [-0.1, -0.05) is 19.1 Å². The summed E-state index contributed by atoms with van der Waals surface area (Å²) in [5.74, 6) is 2.08. The van der Waals surface area contributed by atoms with Gasteiger partial charge in [0.05, 0.1) is 21.5 Å². The molecule has 7 heteroatoms. The molecular formula is C23H23N5O2. The molecule has 0 radical (unpaired) electrons. The first-order valence-corrected chi connectivity index (χ1v) is 10.4. The van der Waals surface area contributed by atoms with Crippen molar-refractivity contribution in [1.82, 2.24) is 14.5 Å². The fraction of sp³-hybridized carbons (Fsp3) is 0.304. The van der Waals surface area contributed by atoms with Crippen molar-refractivity contribution in [2.45, 2.75) is 32.2 Å². The van der Waals surface area contributed by atoms with Gasteiger partial charge in [0, 0.05) is 43.1 Å². The predicted molar refractivity (Wildman–Crippen MR) is 118 cm³/mol. The lowest BCUT2D eigenvalue weighted by Crippen LogP contribution is -2.35. The number of para-hydroxylation sites is 2. The molecule has 0 atom stereocenters. The van der Waals surface area contributed by atoms with Crippen molar-refractivity contribution in [3.05, 3.63) is 70.5 Å². The van der Waals surface area contributed by atoms with Gasteiger partial charge in [-0.05, 0) is 43.2 Å². The smallest absolute Gasteiger partial charge is 0.270 e. The van der Waals surface area contributed by atoms with Gasteiger partial charge in [-0.3, -0.25) is 10.1 Å². The summed E-state index contributed by atoms with van der Waals surface area (Å²) in [7, 11) is 0. The maximum atomic E-state index is 11.0. The Hall–Kier alpha value is -3.48. The highest BCUT2D eigenvalue weighted by Crippen LogP contribution is 2.31. The van der Waals surface area contributed by atoms with Crippen LogP contribution in [0.3, 0.4) is 0 Å². The number of nitrogens with zero attached hydrogens (tertiary/aromatic N) is 5. The Morgan fingerprint density at radius 2 is 1.83 bits per heavy atom. The number of piperidine rings is 1. The van der Waals surface area contributed by atoms with Gasteiger partial charge in [-0.15, -0.1) is 0 Å². The number of benzene rings is 2. The number of hydrogen-bond acceptors (Lipinski definition) is 5. The lowest BCUT2D eigenvalue weighted by molar-refractivity contribution is -0.384. The van der Waals surface area contributed by atoms with E-state index in [1.54, 1.807) is 12.1 Å². The summed E-state index contributed by atoms with van der Waals surface area (Å²) in [4.78, 5) is 22.5. The Kier molecular flexibility index (Phi) is 4.58. The van der Waals surface area contributed by atoms with Crippen LogP contribution in [0.5, 0.6) is 0 Å². The maximum Gasteiger partial charge on any atom is 0.270 e. The normalized spacial score (nSPS) is 15.2. The number of fused-ring (bicyclic) bond motifs is 2. The summed E-state index contributed by atoms with van der Waals surface area (Å²) in [6.45, 7) is 4.01. The van der Waals surface area contributed by atoms with Gasteiger partial charge in [0.1, 0.15) is 11.6 Å². The summed E-state index contributed by atoms with van der Waals surface area (Å²) in [6, 6.07) is 17.5. The number of aromatic nitrogens is 3. The highest BCUT2D eigenvalue weighted by Gasteiger charge is 2.25. The van der Waals surface area contributed by atoms with Crippen molar-refractivity contribution >= 4 is 33.4 Å². The maximum absolute atomic E-state index is 11.0. The van der Waals surface area contributed by atoms with E-state index in [4.69, 9.17) is 9.97 Å². The van der Waals surface area contributed by atoms with Crippen LogP contribution in [0, 0.1) is 10.1 Å². The number of anilines is 1. The largest absolute Gasteiger partial charge is 0.356 e. The quantitative estimate of drug-likeness (QED) is 0.359. The third-order valence-corrected chi connectivity index (χ3v) is 6.01. The van der Waals surface area contributed by atoms with Gasteiger partial charge < -0.3 is 9.47 Å². The molecule has 4 aromatic rings. The fourth-order valence-corrected chi connectivity index (χ4v) is 4.50. The first kappa shape index (κ1) is 18.5. The second kappa shape index (κ2) is 7.40. The van der Waals surface area contributed by atoms with E-state index in [1.807, 2.05) is 18.2 Å². The number of rotatable bonds is 4. The number of pyridine rings is 1. The van der Waals surface area contributed by atoms with Crippen LogP contribution in [0.25, 0.3) is 21.9 Å². The van der Waals surface area contributed by atoms with Crippen LogP contribution in [-0.2, 0) is 6.42 Å². The van der Waals surface area contributed by atoms with Crippen molar-refractivity contribution < 1.29 is 4.92 Å². The zero-order valence-electron chi connectivity index (χ0n) is 16.9. The van der Waals surface area contributed by atoms with Crippen LogP contribution in [0.1, 0.15) is 31.6 Å². The monoisotopic (exact) mass is 401 g/mol. The molecule has 1 saturated heterocycles. The third kappa shape index (κ3) is 3.16. The minimum absolute atomic E-state index is 0.0946. The van der Waals surface area contributed by atoms with Gasteiger partial charge in [-0.25, -0.2) is 9.97 Å². The molecule has 0 spiro atoms. The van der Waals surface area contributed by atoms with Crippen LogP contribution in [0.4, 0.5) is 11.5 Å². The topological polar surface area (TPSA) is 77.1 Å². The molecule has 152 valence electrons. The average Bonchev–Trinajstić information content (AvgIpc) is 3.17. The Labute approximate surface area is 174 Å². The number of nitro benzene ring substituents is 1. The van der Waals surface area contributed by atoms with Crippen LogP contribution >= 0.6 is 0 Å². The van der Waals surface area contributed by atoms with Gasteiger partial charge in [0.25, 0.3) is 5.69 Å². The summed E-state index contributed by atoms with van der Waals surface area (Å²) in [6.07, 6.45) is 2.99. The van der Waals surface area contributed by atoms with Crippen LogP contribution < -0.4 is 4.90 Å². The lowest BCUT2D eigenvalue weighted by atomic mass is 10.0. The molecule has 0 amide bonds. The SMILES string of the molecule is CCc1nc2ccccc2n1C1CCN(c2ccc3cc([N+](=O)[O-])ccc3n2)CC1. The zero-order chi connectivity index (χ0) is 20.7. The minimum atomic E-state index is -0.373. The standard InChI is InChI=1S/C23H23N5O2/c1-2-22-25-20-5-3-4-6-21(20)27(22)17-11-13-26(14-12-17)23-10-7-16-15-18(28(29)30)8-9-19(16)24-23/h3-10,15,17H,2,11-14H2,1H3. The van der Waals surface area contributed by atoms with E-state index in [1.165, 1.54) is 11.6 Å². The lowest BCUT2D eigenvalue weighted by Gasteiger charge is -2.34. The van der Waals surface area contributed by atoms with Gasteiger partial charge in [0.2, 0.25) is 0 Å². The Morgan fingerprint density at radius 3 is 2.60 bits per heavy atom. The number of aryl methyl sites for hydroxylation is 1. The predicted octanol–water partition coefficient (Wildman–Crippen LogP) is 4.90. The van der Waals surface area contributed by atoms with Crippen molar-refractivity contribution in [3.63, 3.8) is 0 Å². The molecule has 1 aliphatic heterocycles. The Bertz CT molecular complexity index is 1240. The molecular weight excluding hydrogens is 378 g/mol. The molecule has 2 aromatic carbocycles. The molecule has 5 rings (SSSR count). The van der Waals surface area contributed by atoms with Crippen molar-refractivity contribution in [3.8, 4) is 0 Å². The van der Waals surface area contributed by atoms with Gasteiger partial charge in [-0.2, -0.15) is 0 Å². The second-order valence-corrected chi connectivity index (χ2v) is 7.76. The summed E-state index contributed by atoms with van der Waals surface area (Å²) in [5.41, 5.74) is 3.17. The van der Waals surface area contributed by atoms with E-state index in [0.717, 1.165) is 60.4 Å². The van der Waals surface area contributed by atoms with Crippen molar-refractivity contribution in [1.29, 1.82) is 0 Å². The van der Waals surface area contributed by atoms with E-state index in [-0.39, 0.29) is 10.6 Å². The van der Waals surface area contributed by atoms with E-state index in [9.17, 15) is 10.1 Å². The molecule has 0 aliphatic carbocycles. The van der Waals surface area contributed by atoms with Crippen LogP contribution in [-0.4, -0.2) is 32.5 Å². The molecule has 2 aromatic heterocycles. The Balaban J connectivity index is 1.37. The molecule has 0 bridgehead atoms. The number of nitro groups is 1. The molecule has 0 saturated carbocycles. The summed E-state index contributed by atoms with van der Waals surface area (Å²) < 4.78 is 2.43. The number of hydrogen-bond donors (Lipinski definition) is 0. The van der Waals surface area contributed by atoms with E-state index in [2.05, 4.69) is 34.6 Å². The van der Waals surface area contributed by atoms with Gasteiger partial charge >= 0.3 is 0 Å². The van der Waals surface area contributed by atoms with Crippen LogP contribution in [0.2, 0.25) is 0 Å². The molecule has 1 aliphatic rings. The minimum Gasteiger partial charge on any atom is -0.356 e. The molecule has 30 heavy (non-hydrogen) atoms. The highest BCUT2D eigenvalue weighted by molar-refractivity contribution is 5.82. The molecule has 3 heterocycles. The fourth-order valence-electron chi connectivity index (χ4n) is 4.50. The average molecular weight is 401 g/mol. The third-order valence-electron chi connectivity index (χ3n) is 6.01. The molecule has 0 N–H and O–H groups in total. The van der Waals surface area contributed by atoms with Crippen molar-refractivity contribution in [2.75, 3.05) is 18.0 Å². The van der Waals surface area contributed by atoms with E-state index >= 15 is 0 Å². The molecule has 7 nitrogen and oxygen atoms in total. The van der Waals surface area contributed by atoms with Gasteiger partial charge in [0.15, 0.2) is 0 Å². The molecule has 0 unspecified atom stereocenters. The number of non-ortho nitro benzene ring substituents is 1. The van der Waals surface area contributed by atoms with E-state index < -0.39 is 0 Å². The second-order valence-electron chi connectivity index (χ2n) is 7.76. The number of imidazole rings is 1. The van der Waals surface area contributed by atoms with Crippen LogP contribution in [0.15, 0.2) is 54.6 Å². The zero-order valence-corrected chi connectivity index (χ0v) is 16.9. The summed E-state index contributed by atoms with van der Waals surface area (Å²) in [5, 5.41) is 11.8. The molecule has 1 fully saturated rings. The van der Waals surface area contributed by atoms with Crippen molar-refractivity contribution in [2.24, 2.45) is 0 Å². The first-order chi connectivity index (χ1) is 14.6.